The zero-order valence-electron chi connectivity index (χ0n) is 10.9. The molecule has 0 aliphatic carbocycles. The lowest BCUT2D eigenvalue weighted by atomic mass is 10.1. The predicted octanol–water partition coefficient (Wildman–Crippen LogP) is 2.67. The Kier molecular flexibility index (Phi) is 4.79. The fourth-order valence-electron chi connectivity index (χ4n) is 2.11. The molecule has 0 fully saturated rings. The van der Waals surface area contributed by atoms with Crippen molar-refractivity contribution in [2.45, 2.75) is 26.3 Å². The summed E-state index contributed by atoms with van der Waals surface area (Å²) in [6.45, 7) is 4.30. The Balaban J connectivity index is 1.73. The van der Waals surface area contributed by atoms with E-state index in [4.69, 9.17) is 5.11 Å². The molecule has 0 spiro atoms. The molecule has 98 valence electrons. The molecule has 0 bridgehead atoms. The van der Waals surface area contributed by atoms with Crippen molar-refractivity contribution in [2.24, 2.45) is 5.92 Å². The molecule has 1 aromatic heterocycles. The van der Waals surface area contributed by atoms with Crippen molar-refractivity contribution in [1.29, 1.82) is 0 Å². The zero-order valence-corrected chi connectivity index (χ0v) is 10.9. The smallest absolute Gasteiger partial charge is 0.0456 e. The highest BCUT2D eigenvalue weighted by atomic mass is 16.3. The average Bonchev–Trinajstić information content (AvgIpc) is 2.85. The SMILES string of the molecule is CC(CO)CCCNCc1ccc2[nH]ccc2c1. The van der Waals surface area contributed by atoms with Crippen LogP contribution in [0.5, 0.6) is 0 Å². The number of aliphatic hydroxyl groups is 1. The van der Waals surface area contributed by atoms with Crippen LogP contribution >= 0.6 is 0 Å². The summed E-state index contributed by atoms with van der Waals surface area (Å²) in [5, 5.41) is 13.6. The van der Waals surface area contributed by atoms with E-state index in [1.807, 2.05) is 6.20 Å². The largest absolute Gasteiger partial charge is 0.396 e. The minimum Gasteiger partial charge on any atom is -0.396 e. The third-order valence-corrected chi connectivity index (χ3v) is 3.31. The van der Waals surface area contributed by atoms with E-state index in [1.165, 1.54) is 16.5 Å². The van der Waals surface area contributed by atoms with Crippen molar-refractivity contribution >= 4 is 10.9 Å². The topological polar surface area (TPSA) is 48.0 Å². The second-order valence-corrected chi connectivity index (χ2v) is 5.01. The highest BCUT2D eigenvalue weighted by Crippen LogP contribution is 2.14. The number of aromatic nitrogens is 1. The Morgan fingerprint density at radius 1 is 1.33 bits per heavy atom. The molecule has 0 saturated carbocycles. The molecule has 1 unspecified atom stereocenters. The number of fused-ring (bicyclic) bond motifs is 1. The summed E-state index contributed by atoms with van der Waals surface area (Å²) in [5.74, 6) is 0.419. The van der Waals surface area contributed by atoms with Gasteiger partial charge in [-0.15, -0.1) is 0 Å². The molecule has 0 radical (unpaired) electrons. The van der Waals surface area contributed by atoms with Crippen LogP contribution in [0.1, 0.15) is 25.3 Å². The Morgan fingerprint density at radius 3 is 3.06 bits per heavy atom. The van der Waals surface area contributed by atoms with Crippen LogP contribution in [0.15, 0.2) is 30.5 Å². The Labute approximate surface area is 108 Å². The van der Waals surface area contributed by atoms with Gasteiger partial charge in [-0.05, 0) is 54.5 Å². The number of hydrogen-bond acceptors (Lipinski definition) is 2. The van der Waals surface area contributed by atoms with Gasteiger partial charge in [0, 0.05) is 24.9 Å². The number of hydrogen-bond donors (Lipinski definition) is 3. The van der Waals surface area contributed by atoms with Gasteiger partial charge >= 0.3 is 0 Å². The molecular formula is C15H22N2O. The van der Waals surface area contributed by atoms with E-state index < -0.39 is 0 Å². The first-order chi connectivity index (χ1) is 8.79. The molecule has 18 heavy (non-hydrogen) atoms. The van der Waals surface area contributed by atoms with Crippen LogP contribution in [0.25, 0.3) is 10.9 Å². The average molecular weight is 246 g/mol. The summed E-state index contributed by atoms with van der Waals surface area (Å²) in [5.41, 5.74) is 2.51. The molecule has 1 heterocycles. The fourth-order valence-corrected chi connectivity index (χ4v) is 2.11. The van der Waals surface area contributed by atoms with Crippen molar-refractivity contribution in [2.75, 3.05) is 13.2 Å². The third-order valence-electron chi connectivity index (χ3n) is 3.31. The molecule has 1 atom stereocenters. The summed E-state index contributed by atoms with van der Waals surface area (Å²) < 4.78 is 0. The van der Waals surface area contributed by atoms with E-state index in [2.05, 4.69) is 41.5 Å². The summed E-state index contributed by atoms with van der Waals surface area (Å²) in [6.07, 6.45) is 4.17. The molecule has 3 nitrogen and oxygen atoms in total. The van der Waals surface area contributed by atoms with E-state index in [1.54, 1.807) is 0 Å². The third kappa shape index (κ3) is 3.59. The van der Waals surface area contributed by atoms with Gasteiger partial charge in [-0.3, -0.25) is 0 Å². The summed E-state index contributed by atoms with van der Waals surface area (Å²) in [4.78, 5) is 3.20. The van der Waals surface area contributed by atoms with E-state index >= 15 is 0 Å². The minimum absolute atomic E-state index is 0.296. The first-order valence-electron chi connectivity index (χ1n) is 6.67. The lowest BCUT2D eigenvalue weighted by Crippen LogP contribution is -2.15. The second kappa shape index (κ2) is 6.57. The van der Waals surface area contributed by atoms with Crippen molar-refractivity contribution < 1.29 is 5.11 Å². The summed E-state index contributed by atoms with van der Waals surface area (Å²) >= 11 is 0. The molecule has 0 amide bonds. The van der Waals surface area contributed by atoms with Crippen LogP contribution < -0.4 is 5.32 Å². The molecule has 0 aliphatic rings. The Morgan fingerprint density at radius 2 is 2.22 bits per heavy atom. The highest BCUT2D eigenvalue weighted by molar-refractivity contribution is 5.79. The van der Waals surface area contributed by atoms with Gasteiger partial charge in [0.05, 0.1) is 0 Å². The van der Waals surface area contributed by atoms with Crippen molar-refractivity contribution in [3.63, 3.8) is 0 Å². The van der Waals surface area contributed by atoms with Gasteiger partial charge in [-0.2, -0.15) is 0 Å². The molecule has 0 aliphatic heterocycles. The van der Waals surface area contributed by atoms with Crippen LogP contribution in [0.4, 0.5) is 0 Å². The number of nitrogens with one attached hydrogen (secondary N) is 2. The lowest BCUT2D eigenvalue weighted by molar-refractivity contribution is 0.228. The monoisotopic (exact) mass is 246 g/mol. The highest BCUT2D eigenvalue weighted by Gasteiger charge is 2.00. The Hall–Kier alpha value is -1.32. The minimum atomic E-state index is 0.296. The molecule has 2 aromatic rings. The maximum absolute atomic E-state index is 8.93. The van der Waals surface area contributed by atoms with Crippen LogP contribution in [0, 0.1) is 5.92 Å². The maximum Gasteiger partial charge on any atom is 0.0456 e. The second-order valence-electron chi connectivity index (χ2n) is 5.01. The molecule has 2 rings (SSSR count). The number of benzene rings is 1. The molecule has 3 heteroatoms. The number of rotatable bonds is 7. The number of aliphatic hydroxyl groups excluding tert-OH is 1. The van der Waals surface area contributed by atoms with Gasteiger partial charge in [0.2, 0.25) is 0 Å². The Bertz CT molecular complexity index is 478. The van der Waals surface area contributed by atoms with Gasteiger partial charge in [-0.1, -0.05) is 13.0 Å². The van der Waals surface area contributed by atoms with Crippen LogP contribution in [0.3, 0.4) is 0 Å². The molecular weight excluding hydrogens is 224 g/mol. The summed E-state index contributed by atoms with van der Waals surface area (Å²) in [7, 11) is 0. The van der Waals surface area contributed by atoms with E-state index in [-0.39, 0.29) is 0 Å². The molecule has 0 saturated heterocycles. The fraction of sp³-hybridized carbons (Fsp3) is 0.467. The van der Waals surface area contributed by atoms with Gasteiger partial charge in [0.25, 0.3) is 0 Å². The van der Waals surface area contributed by atoms with Gasteiger partial charge in [0.15, 0.2) is 0 Å². The number of aromatic amines is 1. The van der Waals surface area contributed by atoms with E-state index in [9.17, 15) is 0 Å². The van der Waals surface area contributed by atoms with Crippen molar-refractivity contribution in [3.05, 3.63) is 36.0 Å². The van der Waals surface area contributed by atoms with Gasteiger partial charge in [-0.25, -0.2) is 0 Å². The summed E-state index contributed by atoms with van der Waals surface area (Å²) in [6, 6.07) is 8.60. The van der Waals surface area contributed by atoms with Crippen LogP contribution in [-0.4, -0.2) is 23.2 Å². The number of H-pyrrole nitrogens is 1. The first-order valence-corrected chi connectivity index (χ1v) is 6.67. The van der Waals surface area contributed by atoms with E-state index in [0.717, 1.165) is 25.9 Å². The maximum atomic E-state index is 8.93. The van der Waals surface area contributed by atoms with Crippen LogP contribution in [-0.2, 0) is 6.54 Å². The van der Waals surface area contributed by atoms with Gasteiger partial charge < -0.3 is 15.4 Å². The predicted molar refractivity (Wildman–Crippen MR) is 75.5 cm³/mol. The zero-order chi connectivity index (χ0) is 12.8. The quantitative estimate of drug-likeness (QED) is 0.658. The van der Waals surface area contributed by atoms with Crippen molar-refractivity contribution in [3.8, 4) is 0 Å². The normalized spacial score (nSPS) is 13.0. The van der Waals surface area contributed by atoms with Gasteiger partial charge in [0.1, 0.15) is 0 Å². The standard InChI is InChI=1S/C15H22N2O/c1-12(11-18)3-2-7-16-10-13-4-5-15-14(9-13)6-8-17-15/h4-6,8-9,12,16-18H,2-3,7,10-11H2,1H3. The van der Waals surface area contributed by atoms with E-state index in [0.29, 0.717) is 12.5 Å². The molecule has 1 aromatic carbocycles. The molecule has 3 N–H and O–H groups in total. The lowest BCUT2D eigenvalue weighted by Gasteiger charge is -2.08. The van der Waals surface area contributed by atoms with Crippen molar-refractivity contribution in [1.82, 2.24) is 10.3 Å². The van der Waals surface area contributed by atoms with Crippen LogP contribution in [0.2, 0.25) is 0 Å². The first kappa shape index (κ1) is 13.1.